The molecule has 2 aromatic heterocycles. The smallest absolute Gasteiger partial charge is 0.272 e. The fourth-order valence-corrected chi connectivity index (χ4v) is 4.11. The molecule has 3 aromatic rings. The number of hydrogen-bond donors (Lipinski definition) is 2. The Morgan fingerprint density at radius 3 is 2.58 bits per heavy atom. The molecular formula is C18H16ClF3N4O4S. The van der Waals surface area contributed by atoms with E-state index in [9.17, 15) is 21.6 Å². The van der Waals surface area contributed by atoms with Crippen LogP contribution in [0.15, 0.2) is 35.4 Å². The molecule has 2 heterocycles. The molecular weight excluding hydrogens is 461 g/mol. The highest BCUT2D eigenvalue weighted by atomic mass is 35.5. The van der Waals surface area contributed by atoms with Crippen molar-refractivity contribution >= 4 is 43.9 Å². The summed E-state index contributed by atoms with van der Waals surface area (Å²) in [4.78, 5) is 7.50. The molecule has 31 heavy (non-hydrogen) atoms. The maximum absolute atomic E-state index is 14.2. The van der Waals surface area contributed by atoms with Crippen LogP contribution in [0.25, 0.3) is 10.8 Å². The number of anilines is 2. The van der Waals surface area contributed by atoms with Gasteiger partial charge in [0.15, 0.2) is 12.4 Å². The summed E-state index contributed by atoms with van der Waals surface area (Å²) in [6.07, 6.45) is -1.72. The SMILES string of the molecule is CNc1ncc(S(=O)(=O)Nc2cc(F)c(OCC(F)F)nc2OC)c2ccc(Cl)cc12. The molecule has 1 aromatic carbocycles. The van der Waals surface area contributed by atoms with E-state index in [4.69, 9.17) is 16.3 Å². The summed E-state index contributed by atoms with van der Waals surface area (Å²) in [5.41, 5.74) is -0.357. The van der Waals surface area contributed by atoms with Crippen molar-refractivity contribution in [3.63, 3.8) is 0 Å². The lowest BCUT2D eigenvalue weighted by Crippen LogP contribution is -2.16. The molecule has 0 spiro atoms. The summed E-state index contributed by atoms with van der Waals surface area (Å²) in [6.45, 7) is -1.09. The number of pyridine rings is 2. The third kappa shape index (κ3) is 4.85. The highest BCUT2D eigenvalue weighted by Crippen LogP contribution is 2.33. The first kappa shape index (κ1) is 22.7. The van der Waals surface area contributed by atoms with Crippen molar-refractivity contribution in [3.05, 3.63) is 41.3 Å². The zero-order valence-corrected chi connectivity index (χ0v) is 17.7. The Bertz CT molecular complexity index is 1230. The van der Waals surface area contributed by atoms with Crippen molar-refractivity contribution in [2.24, 2.45) is 0 Å². The van der Waals surface area contributed by atoms with Gasteiger partial charge in [-0.3, -0.25) is 4.72 Å². The average molecular weight is 477 g/mol. The first-order valence-corrected chi connectivity index (χ1v) is 10.5. The molecule has 0 aliphatic rings. The van der Waals surface area contributed by atoms with Crippen molar-refractivity contribution < 1.29 is 31.1 Å². The molecule has 0 bridgehead atoms. The number of alkyl halides is 2. The maximum Gasteiger partial charge on any atom is 0.272 e. The molecule has 0 aliphatic heterocycles. The number of rotatable bonds is 8. The predicted octanol–water partition coefficient (Wildman–Crippen LogP) is 3.92. The molecule has 2 N–H and O–H groups in total. The van der Waals surface area contributed by atoms with Crippen LogP contribution in [-0.2, 0) is 10.0 Å². The van der Waals surface area contributed by atoms with Gasteiger partial charge in [0, 0.05) is 28.9 Å². The molecule has 13 heteroatoms. The molecule has 0 fully saturated rings. The molecule has 0 aliphatic carbocycles. The number of nitrogens with one attached hydrogen (secondary N) is 2. The number of benzene rings is 1. The van der Waals surface area contributed by atoms with E-state index in [1.807, 2.05) is 0 Å². The monoisotopic (exact) mass is 476 g/mol. The number of aromatic nitrogens is 2. The van der Waals surface area contributed by atoms with Gasteiger partial charge >= 0.3 is 0 Å². The van der Waals surface area contributed by atoms with Crippen LogP contribution in [0.5, 0.6) is 11.8 Å². The molecule has 0 radical (unpaired) electrons. The second-order valence-electron chi connectivity index (χ2n) is 6.05. The van der Waals surface area contributed by atoms with E-state index in [-0.39, 0.29) is 16.5 Å². The average Bonchev–Trinajstić information content (AvgIpc) is 2.71. The van der Waals surface area contributed by atoms with Gasteiger partial charge in [0.2, 0.25) is 5.88 Å². The first-order chi connectivity index (χ1) is 14.7. The summed E-state index contributed by atoms with van der Waals surface area (Å²) in [7, 11) is -1.53. The van der Waals surface area contributed by atoms with E-state index < -0.39 is 34.8 Å². The van der Waals surface area contributed by atoms with Crippen molar-refractivity contribution in [1.29, 1.82) is 0 Å². The van der Waals surface area contributed by atoms with Crippen LogP contribution in [0.4, 0.5) is 24.7 Å². The highest BCUT2D eigenvalue weighted by Gasteiger charge is 2.24. The van der Waals surface area contributed by atoms with Crippen molar-refractivity contribution in [2.45, 2.75) is 11.3 Å². The number of halogens is 4. The molecule has 166 valence electrons. The standard InChI is InChI=1S/C18H16ClF3N4O4S/c1-23-16-11-5-9(19)3-4-10(11)14(7-24-16)31(27,28)26-13-6-12(20)17(25-18(13)29-2)30-8-15(21)22/h3-7,15,26H,8H2,1-2H3,(H,23,24). The minimum atomic E-state index is -4.30. The summed E-state index contributed by atoms with van der Waals surface area (Å²) < 4.78 is 76.7. The van der Waals surface area contributed by atoms with Crippen molar-refractivity contribution in [2.75, 3.05) is 30.8 Å². The lowest BCUT2D eigenvalue weighted by Gasteiger charge is -2.15. The summed E-state index contributed by atoms with van der Waals surface area (Å²) in [6, 6.07) is 5.29. The summed E-state index contributed by atoms with van der Waals surface area (Å²) in [5, 5.41) is 3.98. The number of nitrogens with zero attached hydrogens (tertiary/aromatic N) is 2. The van der Waals surface area contributed by atoms with Gasteiger partial charge in [-0.1, -0.05) is 17.7 Å². The van der Waals surface area contributed by atoms with Crippen LogP contribution in [-0.4, -0.2) is 45.6 Å². The Balaban J connectivity index is 2.04. The van der Waals surface area contributed by atoms with Gasteiger partial charge in [0.1, 0.15) is 16.4 Å². The van der Waals surface area contributed by atoms with E-state index in [0.717, 1.165) is 19.4 Å². The maximum atomic E-state index is 14.2. The lowest BCUT2D eigenvalue weighted by molar-refractivity contribution is 0.0770. The van der Waals surface area contributed by atoms with Gasteiger partial charge in [-0.2, -0.15) is 4.98 Å². The number of hydrogen-bond acceptors (Lipinski definition) is 7. The normalized spacial score (nSPS) is 11.6. The van der Waals surface area contributed by atoms with Crippen LogP contribution in [0, 0.1) is 5.82 Å². The topological polar surface area (TPSA) is 102 Å². The fourth-order valence-electron chi connectivity index (χ4n) is 2.73. The molecule has 0 atom stereocenters. The van der Waals surface area contributed by atoms with E-state index in [2.05, 4.69) is 24.7 Å². The van der Waals surface area contributed by atoms with E-state index in [1.165, 1.54) is 12.1 Å². The second kappa shape index (κ2) is 9.02. The largest absolute Gasteiger partial charge is 0.479 e. The second-order valence-corrected chi connectivity index (χ2v) is 8.14. The first-order valence-electron chi connectivity index (χ1n) is 8.60. The van der Waals surface area contributed by atoms with Gasteiger partial charge in [0.05, 0.1) is 13.3 Å². The Hall–Kier alpha value is -2.99. The third-order valence-corrected chi connectivity index (χ3v) is 5.66. The van der Waals surface area contributed by atoms with Gasteiger partial charge in [-0.25, -0.2) is 26.6 Å². The summed E-state index contributed by atoms with van der Waals surface area (Å²) in [5.74, 6) is -1.87. The van der Waals surface area contributed by atoms with Crippen molar-refractivity contribution in [1.82, 2.24) is 9.97 Å². The van der Waals surface area contributed by atoms with Gasteiger partial charge in [-0.05, 0) is 12.1 Å². The van der Waals surface area contributed by atoms with Gasteiger partial charge in [0.25, 0.3) is 22.3 Å². The third-order valence-electron chi connectivity index (χ3n) is 4.03. The van der Waals surface area contributed by atoms with E-state index in [1.54, 1.807) is 13.1 Å². The molecule has 0 amide bonds. The summed E-state index contributed by atoms with van der Waals surface area (Å²) >= 11 is 6.02. The highest BCUT2D eigenvalue weighted by molar-refractivity contribution is 7.93. The molecule has 3 rings (SSSR count). The molecule has 0 saturated carbocycles. The van der Waals surface area contributed by atoms with Crippen LogP contribution in [0.1, 0.15) is 0 Å². The number of fused-ring (bicyclic) bond motifs is 1. The van der Waals surface area contributed by atoms with E-state index in [0.29, 0.717) is 21.6 Å². The number of sulfonamides is 1. The number of methoxy groups -OCH3 is 1. The number of ether oxygens (including phenoxy) is 2. The Labute approximate surface area is 180 Å². The quantitative estimate of drug-likeness (QED) is 0.508. The zero-order chi connectivity index (χ0) is 22.8. The predicted molar refractivity (Wildman–Crippen MR) is 109 cm³/mol. The van der Waals surface area contributed by atoms with Gasteiger partial charge in [-0.15, -0.1) is 0 Å². The van der Waals surface area contributed by atoms with Crippen LogP contribution in [0.3, 0.4) is 0 Å². The Kier molecular flexibility index (Phi) is 6.60. The molecule has 0 unspecified atom stereocenters. The Morgan fingerprint density at radius 1 is 1.19 bits per heavy atom. The lowest BCUT2D eigenvalue weighted by atomic mass is 10.1. The molecule has 0 saturated heterocycles. The van der Waals surface area contributed by atoms with Crippen LogP contribution in [0.2, 0.25) is 5.02 Å². The Morgan fingerprint density at radius 2 is 1.94 bits per heavy atom. The fraction of sp³-hybridized carbons (Fsp3) is 0.222. The van der Waals surface area contributed by atoms with Crippen LogP contribution < -0.4 is 19.5 Å². The van der Waals surface area contributed by atoms with Gasteiger partial charge < -0.3 is 14.8 Å². The molecule has 8 nitrogen and oxygen atoms in total. The van der Waals surface area contributed by atoms with E-state index >= 15 is 0 Å². The van der Waals surface area contributed by atoms with Crippen molar-refractivity contribution in [3.8, 4) is 11.8 Å². The van der Waals surface area contributed by atoms with Crippen LogP contribution >= 0.6 is 11.6 Å². The minimum Gasteiger partial charge on any atom is -0.479 e. The minimum absolute atomic E-state index is 0.210. The zero-order valence-electron chi connectivity index (χ0n) is 16.1.